The van der Waals surface area contributed by atoms with Crippen molar-refractivity contribution >= 4 is 16.8 Å². The summed E-state index contributed by atoms with van der Waals surface area (Å²) in [4.78, 5) is 10.5. The van der Waals surface area contributed by atoms with Gasteiger partial charge >= 0.3 is 0 Å². The Bertz CT molecular complexity index is 362. The van der Waals surface area contributed by atoms with Crippen LogP contribution in [0.4, 0.5) is 0 Å². The smallest absolute Gasteiger partial charge is 0.259 e. The Kier molecular flexibility index (Phi) is 2.59. The van der Waals surface area contributed by atoms with Gasteiger partial charge in [-0.2, -0.15) is 0 Å². The molecule has 0 saturated carbocycles. The topological polar surface area (TPSA) is 35.5 Å². The average molecular weight is 213 g/mol. The standard InChI is InChI=1S/C10H9ClO3/c11-9(12)6-14-8-3-1-2-7-4-5-13-10(7)8/h1-3H,4-6H2. The van der Waals surface area contributed by atoms with Crippen LogP contribution < -0.4 is 9.47 Å². The molecule has 0 aliphatic carbocycles. The Morgan fingerprint density at radius 1 is 1.57 bits per heavy atom. The minimum atomic E-state index is -0.513. The van der Waals surface area contributed by atoms with Crippen molar-refractivity contribution in [2.24, 2.45) is 0 Å². The van der Waals surface area contributed by atoms with E-state index in [-0.39, 0.29) is 6.61 Å². The fourth-order valence-corrected chi connectivity index (χ4v) is 1.49. The molecular weight excluding hydrogens is 204 g/mol. The first-order chi connectivity index (χ1) is 6.77. The van der Waals surface area contributed by atoms with Gasteiger partial charge in [0.25, 0.3) is 5.24 Å². The summed E-state index contributed by atoms with van der Waals surface area (Å²) in [6, 6.07) is 5.63. The predicted octanol–water partition coefficient (Wildman–Crippen LogP) is 1.77. The maximum atomic E-state index is 10.5. The second-order valence-corrected chi connectivity index (χ2v) is 3.41. The molecule has 0 amide bonds. The number of fused-ring (bicyclic) bond motifs is 1. The van der Waals surface area contributed by atoms with E-state index in [1.54, 1.807) is 6.07 Å². The SMILES string of the molecule is O=C(Cl)COc1cccc2c1OCC2. The van der Waals surface area contributed by atoms with Crippen LogP contribution in [0.3, 0.4) is 0 Å². The summed E-state index contributed by atoms with van der Waals surface area (Å²) in [5, 5.41) is -0.513. The van der Waals surface area contributed by atoms with E-state index in [0.29, 0.717) is 12.4 Å². The summed E-state index contributed by atoms with van der Waals surface area (Å²) in [7, 11) is 0. The molecule has 0 fully saturated rings. The van der Waals surface area contributed by atoms with E-state index < -0.39 is 5.24 Å². The fourth-order valence-electron chi connectivity index (χ4n) is 1.43. The van der Waals surface area contributed by atoms with Gasteiger partial charge in [0, 0.05) is 12.0 Å². The molecule has 0 bridgehead atoms. The van der Waals surface area contributed by atoms with Gasteiger partial charge in [-0.3, -0.25) is 4.79 Å². The lowest BCUT2D eigenvalue weighted by Gasteiger charge is -2.07. The van der Waals surface area contributed by atoms with E-state index in [4.69, 9.17) is 21.1 Å². The Balaban J connectivity index is 2.17. The van der Waals surface area contributed by atoms with Crippen LogP contribution in [0.5, 0.6) is 11.5 Å². The van der Waals surface area contributed by atoms with Crippen molar-refractivity contribution in [1.82, 2.24) is 0 Å². The van der Waals surface area contributed by atoms with Gasteiger partial charge in [-0.15, -0.1) is 0 Å². The number of rotatable bonds is 3. The van der Waals surface area contributed by atoms with Crippen LogP contribution in [0.25, 0.3) is 0 Å². The number of benzene rings is 1. The number of halogens is 1. The summed E-state index contributed by atoms with van der Waals surface area (Å²) >= 11 is 5.17. The number of carbonyl (C=O) groups is 1. The summed E-state index contributed by atoms with van der Waals surface area (Å²) in [6.07, 6.45) is 0.890. The quantitative estimate of drug-likeness (QED) is 0.717. The molecular formula is C10H9ClO3. The molecule has 0 spiro atoms. The maximum absolute atomic E-state index is 10.5. The lowest BCUT2D eigenvalue weighted by molar-refractivity contribution is -0.113. The van der Waals surface area contributed by atoms with E-state index in [2.05, 4.69) is 0 Å². The van der Waals surface area contributed by atoms with Crippen molar-refractivity contribution in [1.29, 1.82) is 0 Å². The first-order valence-electron chi connectivity index (χ1n) is 4.33. The van der Waals surface area contributed by atoms with Crippen LogP contribution in [0.15, 0.2) is 18.2 Å². The Labute approximate surface area is 86.6 Å². The third-order valence-electron chi connectivity index (χ3n) is 2.02. The molecule has 0 unspecified atom stereocenters. The minimum absolute atomic E-state index is 0.124. The van der Waals surface area contributed by atoms with Crippen LogP contribution in [0.1, 0.15) is 5.56 Å². The van der Waals surface area contributed by atoms with Crippen LogP contribution in [-0.4, -0.2) is 18.5 Å². The number of hydrogen-bond acceptors (Lipinski definition) is 3. The zero-order chi connectivity index (χ0) is 9.97. The van der Waals surface area contributed by atoms with Crippen LogP contribution in [0.2, 0.25) is 0 Å². The molecule has 0 radical (unpaired) electrons. The minimum Gasteiger partial charge on any atom is -0.489 e. The van der Waals surface area contributed by atoms with Gasteiger partial charge in [-0.1, -0.05) is 12.1 Å². The molecule has 3 nitrogen and oxygen atoms in total. The third-order valence-corrected chi connectivity index (χ3v) is 2.13. The Morgan fingerprint density at radius 2 is 2.43 bits per heavy atom. The molecule has 1 aromatic carbocycles. The molecule has 4 heteroatoms. The van der Waals surface area contributed by atoms with E-state index in [0.717, 1.165) is 17.7 Å². The molecule has 0 aromatic heterocycles. The van der Waals surface area contributed by atoms with Gasteiger partial charge in [-0.25, -0.2) is 0 Å². The average Bonchev–Trinajstić information content (AvgIpc) is 2.62. The molecule has 0 atom stereocenters. The molecule has 1 aliphatic rings. The van der Waals surface area contributed by atoms with Crippen molar-refractivity contribution in [2.75, 3.05) is 13.2 Å². The summed E-state index contributed by atoms with van der Waals surface area (Å²) in [6.45, 7) is 0.548. The van der Waals surface area contributed by atoms with Gasteiger partial charge in [0.2, 0.25) is 0 Å². The highest BCUT2D eigenvalue weighted by Gasteiger charge is 2.16. The largest absolute Gasteiger partial charge is 0.489 e. The van der Waals surface area contributed by atoms with Crippen molar-refractivity contribution in [3.8, 4) is 11.5 Å². The first-order valence-corrected chi connectivity index (χ1v) is 4.71. The summed E-state index contributed by atoms with van der Waals surface area (Å²) in [5.41, 5.74) is 1.12. The van der Waals surface area contributed by atoms with Gasteiger partial charge < -0.3 is 9.47 Å². The second-order valence-electron chi connectivity index (χ2n) is 2.99. The van der Waals surface area contributed by atoms with E-state index >= 15 is 0 Å². The van der Waals surface area contributed by atoms with Gasteiger partial charge in [0.05, 0.1) is 6.61 Å². The van der Waals surface area contributed by atoms with Crippen molar-refractivity contribution in [3.05, 3.63) is 23.8 Å². The Morgan fingerprint density at radius 3 is 3.21 bits per heavy atom. The maximum Gasteiger partial charge on any atom is 0.259 e. The normalized spacial score (nSPS) is 13.2. The van der Waals surface area contributed by atoms with Gasteiger partial charge in [0.1, 0.15) is 0 Å². The highest BCUT2D eigenvalue weighted by Crippen LogP contribution is 2.35. The molecule has 0 saturated heterocycles. The van der Waals surface area contributed by atoms with Crippen LogP contribution in [-0.2, 0) is 11.2 Å². The zero-order valence-electron chi connectivity index (χ0n) is 7.46. The van der Waals surface area contributed by atoms with Crippen LogP contribution >= 0.6 is 11.6 Å². The number of ether oxygens (including phenoxy) is 2. The summed E-state index contributed by atoms with van der Waals surface area (Å²) in [5.74, 6) is 1.33. The highest BCUT2D eigenvalue weighted by atomic mass is 35.5. The van der Waals surface area contributed by atoms with Crippen molar-refractivity contribution in [2.45, 2.75) is 6.42 Å². The monoisotopic (exact) mass is 212 g/mol. The molecule has 1 aromatic rings. The predicted molar refractivity (Wildman–Crippen MR) is 52.0 cm³/mol. The van der Waals surface area contributed by atoms with Crippen molar-refractivity contribution in [3.63, 3.8) is 0 Å². The van der Waals surface area contributed by atoms with Gasteiger partial charge in [-0.05, 0) is 17.7 Å². The van der Waals surface area contributed by atoms with Crippen molar-refractivity contribution < 1.29 is 14.3 Å². The molecule has 74 valence electrons. The lowest BCUT2D eigenvalue weighted by Crippen LogP contribution is -2.05. The van der Waals surface area contributed by atoms with Gasteiger partial charge in [0.15, 0.2) is 18.1 Å². The number of hydrogen-bond donors (Lipinski definition) is 0. The number of para-hydroxylation sites is 1. The molecule has 1 aliphatic heterocycles. The van der Waals surface area contributed by atoms with E-state index in [1.165, 1.54) is 0 Å². The zero-order valence-corrected chi connectivity index (χ0v) is 8.21. The molecule has 2 rings (SSSR count). The first kappa shape index (κ1) is 9.34. The van der Waals surface area contributed by atoms with E-state index in [1.807, 2.05) is 12.1 Å². The number of carbonyl (C=O) groups excluding carboxylic acids is 1. The van der Waals surface area contributed by atoms with Crippen LogP contribution in [0, 0.1) is 0 Å². The van der Waals surface area contributed by atoms with E-state index in [9.17, 15) is 4.79 Å². The Hall–Kier alpha value is -1.22. The third kappa shape index (κ3) is 1.82. The molecule has 1 heterocycles. The molecule has 0 N–H and O–H groups in total. The fraction of sp³-hybridized carbons (Fsp3) is 0.300. The highest BCUT2D eigenvalue weighted by molar-refractivity contribution is 6.63. The lowest BCUT2D eigenvalue weighted by atomic mass is 10.1. The summed E-state index contributed by atoms with van der Waals surface area (Å²) < 4.78 is 10.6. The molecule has 14 heavy (non-hydrogen) atoms. The second kappa shape index (κ2) is 3.88.